The van der Waals surface area contributed by atoms with Gasteiger partial charge in [-0.2, -0.15) is 0 Å². The maximum Gasteiger partial charge on any atom is 0.115 e. The zero-order valence-corrected chi connectivity index (χ0v) is 3.97. The maximum absolute atomic E-state index is 8.22. The first-order valence-corrected chi connectivity index (χ1v) is 1.60. The molecule has 0 aromatic carbocycles. The van der Waals surface area contributed by atoms with Crippen molar-refractivity contribution < 1.29 is 15.7 Å². The summed E-state index contributed by atoms with van der Waals surface area (Å²) in [6, 6.07) is 0. The smallest absolute Gasteiger partial charge is 0.115 e. The molecule has 0 saturated carbocycles. The summed E-state index contributed by atoms with van der Waals surface area (Å²) in [4.78, 5) is 0. The van der Waals surface area contributed by atoms with E-state index in [1.54, 1.807) is 6.11 Å². The quantitative estimate of drug-likeness (QED) is 0.382. The fraction of sp³-hybridized carbons (Fsp3) is 0.500. The van der Waals surface area contributed by atoms with Crippen molar-refractivity contribution in [1.29, 1.82) is 0 Å². The lowest BCUT2D eigenvalue weighted by Gasteiger charge is -1.81. The summed E-state index contributed by atoms with van der Waals surface area (Å²) in [6.07, 6.45) is 0.854. The first kappa shape index (κ1) is 9.56. The second-order valence-electron chi connectivity index (χ2n) is 0.932. The SMILES string of the molecule is CC(O)C#CO.O. The number of hydrogen-bond acceptors (Lipinski definition) is 2. The van der Waals surface area contributed by atoms with Crippen LogP contribution in [0.2, 0.25) is 0 Å². The molecule has 0 saturated heterocycles. The summed E-state index contributed by atoms with van der Waals surface area (Å²) in [5, 5.41) is 15.9. The zero-order chi connectivity index (χ0) is 4.99. The second-order valence-corrected chi connectivity index (χ2v) is 0.932. The molecule has 1 unspecified atom stereocenters. The highest BCUT2D eigenvalue weighted by Gasteiger charge is 1.78. The van der Waals surface area contributed by atoms with Gasteiger partial charge in [-0.25, -0.2) is 0 Å². The molecule has 0 rings (SSSR count). The highest BCUT2D eigenvalue weighted by atomic mass is 16.3. The Labute approximate surface area is 41.9 Å². The molecule has 0 aliphatic rings. The minimum atomic E-state index is -0.713. The van der Waals surface area contributed by atoms with Gasteiger partial charge in [-0.3, -0.25) is 0 Å². The van der Waals surface area contributed by atoms with Crippen molar-refractivity contribution in [2.75, 3.05) is 0 Å². The molecular weight excluding hydrogens is 96.0 g/mol. The Morgan fingerprint density at radius 3 is 2.00 bits per heavy atom. The van der Waals surface area contributed by atoms with Gasteiger partial charge >= 0.3 is 0 Å². The molecule has 0 fully saturated rings. The first-order chi connectivity index (χ1) is 2.77. The van der Waals surface area contributed by atoms with Crippen molar-refractivity contribution in [2.24, 2.45) is 0 Å². The van der Waals surface area contributed by atoms with Crippen LogP contribution < -0.4 is 0 Å². The van der Waals surface area contributed by atoms with Gasteiger partial charge in [-0.15, -0.1) is 0 Å². The molecule has 0 aliphatic heterocycles. The normalized spacial score (nSPS) is 10.0. The van der Waals surface area contributed by atoms with Gasteiger partial charge in [0.2, 0.25) is 0 Å². The molecule has 0 radical (unpaired) electrons. The average molecular weight is 104 g/mol. The Balaban J connectivity index is 0. The van der Waals surface area contributed by atoms with E-state index in [0.29, 0.717) is 0 Å². The lowest BCUT2D eigenvalue weighted by atomic mass is 10.4. The Morgan fingerprint density at radius 1 is 1.57 bits per heavy atom. The molecule has 4 N–H and O–H groups in total. The average Bonchev–Trinajstić information content (AvgIpc) is 1.35. The summed E-state index contributed by atoms with van der Waals surface area (Å²) < 4.78 is 0. The van der Waals surface area contributed by atoms with E-state index in [2.05, 4.69) is 5.92 Å². The van der Waals surface area contributed by atoms with E-state index in [1.165, 1.54) is 6.92 Å². The number of hydrogen-bond donors (Lipinski definition) is 2. The lowest BCUT2D eigenvalue weighted by Crippen LogP contribution is -1.91. The third kappa shape index (κ3) is 10.9. The van der Waals surface area contributed by atoms with E-state index in [4.69, 9.17) is 10.2 Å². The van der Waals surface area contributed by atoms with Crippen LogP contribution in [0.25, 0.3) is 0 Å². The lowest BCUT2D eigenvalue weighted by molar-refractivity contribution is 0.252. The van der Waals surface area contributed by atoms with E-state index in [0.717, 1.165) is 0 Å². The topological polar surface area (TPSA) is 72.0 Å². The molecule has 7 heavy (non-hydrogen) atoms. The Hall–Kier alpha value is -0.720. The van der Waals surface area contributed by atoms with Gasteiger partial charge in [0.15, 0.2) is 0 Å². The van der Waals surface area contributed by atoms with Crippen LogP contribution in [0.5, 0.6) is 0 Å². The largest absolute Gasteiger partial charge is 0.462 e. The van der Waals surface area contributed by atoms with Gasteiger partial charge in [0, 0.05) is 0 Å². The molecule has 0 aromatic rings. The van der Waals surface area contributed by atoms with Gasteiger partial charge in [-0.05, 0) is 12.8 Å². The van der Waals surface area contributed by atoms with E-state index in [-0.39, 0.29) is 5.48 Å². The minimum Gasteiger partial charge on any atom is -0.462 e. The van der Waals surface area contributed by atoms with Crippen molar-refractivity contribution in [3.8, 4) is 12.0 Å². The van der Waals surface area contributed by atoms with Crippen LogP contribution in [0.3, 0.4) is 0 Å². The van der Waals surface area contributed by atoms with Crippen LogP contribution in [0, 0.1) is 12.0 Å². The summed E-state index contributed by atoms with van der Waals surface area (Å²) in [7, 11) is 0. The first-order valence-electron chi connectivity index (χ1n) is 1.60. The van der Waals surface area contributed by atoms with E-state index < -0.39 is 6.10 Å². The molecular formula is C4H8O3. The van der Waals surface area contributed by atoms with Crippen molar-refractivity contribution in [3.05, 3.63) is 0 Å². The Kier molecular flexibility index (Phi) is 7.21. The highest BCUT2D eigenvalue weighted by Crippen LogP contribution is 1.68. The fourth-order valence-corrected chi connectivity index (χ4v) is 0.0934. The van der Waals surface area contributed by atoms with Crippen LogP contribution in [0.4, 0.5) is 0 Å². The van der Waals surface area contributed by atoms with Crippen LogP contribution in [-0.2, 0) is 0 Å². The zero-order valence-electron chi connectivity index (χ0n) is 3.97. The van der Waals surface area contributed by atoms with Gasteiger partial charge in [-0.1, -0.05) is 0 Å². The Bertz CT molecular complexity index is 76.7. The molecule has 0 heterocycles. The van der Waals surface area contributed by atoms with Gasteiger partial charge in [0.05, 0.1) is 0 Å². The molecule has 0 aromatic heterocycles. The molecule has 1 atom stereocenters. The van der Waals surface area contributed by atoms with Crippen molar-refractivity contribution >= 4 is 0 Å². The van der Waals surface area contributed by atoms with Gasteiger partial charge in [0.1, 0.15) is 12.2 Å². The van der Waals surface area contributed by atoms with Gasteiger partial charge in [0.25, 0.3) is 0 Å². The minimum absolute atomic E-state index is 0. The van der Waals surface area contributed by atoms with Crippen LogP contribution >= 0.6 is 0 Å². The fourth-order valence-electron chi connectivity index (χ4n) is 0.0934. The van der Waals surface area contributed by atoms with E-state index in [1.807, 2.05) is 0 Å². The highest BCUT2D eigenvalue weighted by molar-refractivity contribution is 4.94. The monoisotopic (exact) mass is 104 g/mol. The third-order valence-electron chi connectivity index (χ3n) is 0.273. The number of aliphatic hydroxyl groups is 2. The third-order valence-corrected chi connectivity index (χ3v) is 0.273. The predicted molar refractivity (Wildman–Crippen MR) is 25.0 cm³/mol. The van der Waals surface area contributed by atoms with Crippen LogP contribution in [-0.4, -0.2) is 21.8 Å². The van der Waals surface area contributed by atoms with E-state index >= 15 is 0 Å². The molecule has 0 aliphatic carbocycles. The molecule has 0 bridgehead atoms. The van der Waals surface area contributed by atoms with Crippen molar-refractivity contribution in [2.45, 2.75) is 13.0 Å². The Morgan fingerprint density at radius 2 is 2.00 bits per heavy atom. The number of aliphatic hydroxyl groups excluding tert-OH is 2. The summed E-state index contributed by atoms with van der Waals surface area (Å²) >= 11 is 0. The van der Waals surface area contributed by atoms with Crippen molar-refractivity contribution in [1.82, 2.24) is 0 Å². The van der Waals surface area contributed by atoms with E-state index in [9.17, 15) is 0 Å². The van der Waals surface area contributed by atoms with Crippen LogP contribution in [0.1, 0.15) is 6.92 Å². The predicted octanol–water partition coefficient (Wildman–Crippen LogP) is -1.12. The molecule has 3 nitrogen and oxygen atoms in total. The standard InChI is InChI=1S/C4H6O2.H2O/c1-4(6)2-3-5;/h4-6H,1H3;1H2. The molecule has 42 valence electrons. The summed E-state index contributed by atoms with van der Waals surface area (Å²) in [5.41, 5.74) is 0. The second kappa shape index (κ2) is 5.28. The number of rotatable bonds is 0. The summed E-state index contributed by atoms with van der Waals surface area (Å²) in [6.45, 7) is 1.48. The summed E-state index contributed by atoms with van der Waals surface area (Å²) in [5.74, 6) is 2.07. The van der Waals surface area contributed by atoms with Crippen LogP contribution in [0.15, 0.2) is 0 Å². The van der Waals surface area contributed by atoms with Crippen molar-refractivity contribution in [3.63, 3.8) is 0 Å². The maximum atomic E-state index is 8.22. The van der Waals surface area contributed by atoms with Gasteiger partial charge < -0.3 is 15.7 Å². The molecule has 0 spiro atoms. The molecule has 0 amide bonds. The molecule has 3 heteroatoms.